The third kappa shape index (κ3) is 7.34. The van der Waals surface area contributed by atoms with E-state index in [0.29, 0.717) is 13.0 Å². The average Bonchev–Trinajstić information content (AvgIpc) is 2.85. The van der Waals surface area contributed by atoms with Gasteiger partial charge in [-0.3, -0.25) is 9.59 Å². The highest BCUT2D eigenvalue weighted by molar-refractivity contribution is 7.90. The fourth-order valence-corrected chi connectivity index (χ4v) is 3.88. The van der Waals surface area contributed by atoms with Crippen molar-refractivity contribution in [2.24, 2.45) is 0 Å². The lowest BCUT2D eigenvalue weighted by atomic mass is 10.1. The summed E-state index contributed by atoms with van der Waals surface area (Å²) in [7, 11) is -4.24. The zero-order valence-corrected chi connectivity index (χ0v) is 19.9. The number of nitrogens with one attached hydrogen (secondary N) is 2. The Hall–Kier alpha value is -4.32. The number of carbonyl (C=O) groups is 3. The summed E-state index contributed by atoms with van der Waals surface area (Å²) in [5.41, 5.74) is 0.984. The third-order valence-corrected chi connectivity index (χ3v) is 6.06. The zero-order chi connectivity index (χ0) is 26.1. The van der Waals surface area contributed by atoms with Crippen molar-refractivity contribution >= 4 is 28.0 Å². The molecule has 2 aromatic carbocycles. The lowest BCUT2D eigenvalue weighted by Crippen LogP contribution is -2.31. The Balaban J connectivity index is 1.55. The van der Waals surface area contributed by atoms with Crippen molar-refractivity contribution in [2.45, 2.75) is 18.2 Å². The van der Waals surface area contributed by atoms with Crippen LogP contribution in [0.2, 0.25) is 0 Å². The summed E-state index contributed by atoms with van der Waals surface area (Å²) in [5, 5.41) is 2.70. The smallest absolute Gasteiger partial charge is 0.434 e. The van der Waals surface area contributed by atoms with Crippen molar-refractivity contribution in [1.29, 1.82) is 0 Å². The summed E-state index contributed by atoms with van der Waals surface area (Å²) < 4.78 is 49.4. The monoisotopic (exact) mass is 515 g/mol. The van der Waals surface area contributed by atoms with Gasteiger partial charge < -0.3 is 14.8 Å². The number of sulfonamides is 1. The predicted octanol–water partition coefficient (Wildman–Crippen LogP) is 2.85. The first-order valence-corrected chi connectivity index (χ1v) is 12.2. The summed E-state index contributed by atoms with van der Waals surface area (Å²) in [5.74, 6) is -1.84. The van der Waals surface area contributed by atoms with Crippen molar-refractivity contribution in [2.75, 3.05) is 13.2 Å². The van der Waals surface area contributed by atoms with Gasteiger partial charge in [0.25, 0.3) is 21.8 Å². The van der Waals surface area contributed by atoms with Crippen LogP contribution in [0.3, 0.4) is 0 Å². The minimum Gasteiger partial charge on any atom is -0.434 e. The maximum Gasteiger partial charge on any atom is 0.515 e. The molecule has 0 bridgehead atoms. The first-order chi connectivity index (χ1) is 17.2. The molecule has 0 aliphatic heterocycles. The molecule has 0 fully saturated rings. The Morgan fingerprint density at radius 3 is 2.19 bits per heavy atom. The van der Waals surface area contributed by atoms with Gasteiger partial charge in [-0.25, -0.2) is 27.3 Å². The average molecular weight is 516 g/mol. The number of rotatable bonds is 9. The van der Waals surface area contributed by atoms with Crippen LogP contribution in [-0.4, -0.2) is 44.5 Å². The van der Waals surface area contributed by atoms with Crippen LogP contribution in [0.15, 0.2) is 71.8 Å². The van der Waals surface area contributed by atoms with Crippen LogP contribution in [0.5, 0.6) is 5.88 Å². The van der Waals surface area contributed by atoms with Gasteiger partial charge in [0.15, 0.2) is 0 Å². The highest BCUT2D eigenvalue weighted by Gasteiger charge is 2.20. The van der Waals surface area contributed by atoms with Gasteiger partial charge in [0, 0.05) is 24.4 Å². The van der Waals surface area contributed by atoms with E-state index in [1.54, 1.807) is 19.1 Å². The summed E-state index contributed by atoms with van der Waals surface area (Å²) in [4.78, 5) is 39.5. The van der Waals surface area contributed by atoms with Gasteiger partial charge in [-0.2, -0.15) is 0 Å². The molecule has 2 N–H and O–H groups in total. The van der Waals surface area contributed by atoms with Gasteiger partial charge in [-0.15, -0.1) is 0 Å². The van der Waals surface area contributed by atoms with E-state index >= 15 is 0 Å². The zero-order valence-electron chi connectivity index (χ0n) is 19.1. The Bertz CT molecular complexity index is 1330. The number of pyridine rings is 1. The number of hydrogen-bond acceptors (Lipinski definition) is 8. The number of aromatic nitrogens is 1. The number of benzene rings is 2. The standard InChI is InChI=1S/C24H22FN3O7S/c1-2-34-24(31)35-21-12-7-18(15-27-21)23(30)28-36(32,33)20-10-5-17(6-11-20)22(29)26-14-13-16-3-8-19(25)9-4-16/h3-12,15H,2,13-14H2,1H3,(H,26,29)(H,28,30). The van der Waals surface area contributed by atoms with Crippen molar-refractivity contribution in [3.63, 3.8) is 0 Å². The second-order valence-electron chi connectivity index (χ2n) is 7.26. The van der Waals surface area contributed by atoms with Crippen LogP contribution in [0.4, 0.5) is 9.18 Å². The van der Waals surface area contributed by atoms with Gasteiger partial charge in [0.05, 0.1) is 17.1 Å². The van der Waals surface area contributed by atoms with Crippen LogP contribution < -0.4 is 14.8 Å². The normalized spacial score (nSPS) is 10.8. The van der Waals surface area contributed by atoms with E-state index < -0.39 is 28.0 Å². The SMILES string of the molecule is CCOC(=O)Oc1ccc(C(=O)NS(=O)(=O)c2ccc(C(=O)NCCc3ccc(F)cc3)cc2)cn1. The van der Waals surface area contributed by atoms with E-state index in [-0.39, 0.29) is 34.3 Å². The number of amides is 2. The molecule has 10 nitrogen and oxygen atoms in total. The molecule has 1 aromatic heterocycles. The molecule has 0 unspecified atom stereocenters. The predicted molar refractivity (Wildman–Crippen MR) is 125 cm³/mol. The van der Waals surface area contributed by atoms with Crippen molar-refractivity contribution < 1.29 is 36.7 Å². The summed E-state index contributed by atoms with van der Waals surface area (Å²) in [6, 6.07) is 13.4. The maximum atomic E-state index is 12.9. The molecule has 3 aromatic rings. The first kappa shape index (κ1) is 26.3. The van der Waals surface area contributed by atoms with Crippen LogP contribution in [-0.2, 0) is 21.2 Å². The number of carbonyl (C=O) groups excluding carboxylic acids is 3. The summed E-state index contributed by atoms with van der Waals surface area (Å²) in [6.45, 7) is 2.02. The van der Waals surface area contributed by atoms with Crippen LogP contribution in [0, 0.1) is 5.82 Å². The van der Waals surface area contributed by atoms with E-state index in [4.69, 9.17) is 4.74 Å². The molecular weight excluding hydrogens is 493 g/mol. The molecule has 188 valence electrons. The second kappa shape index (κ2) is 11.9. The van der Waals surface area contributed by atoms with Crippen LogP contribution in [0.1, 0.15) is 33.2 Å². The summed E-state index contributed by atoms with van der Waals surface area (Å²) >= 11 is 0. The van der Waals surface area contributed by atoms with Crippen molar-refractivity contribution in [3.8, 4) is 5.88 Å². The lowest BCUT2D eigenvalue weighted by molar-refractivity contribution is 0.0950. The molecule has 3 rings (SSSR count). The molecule has 0 aliphatic carbocycles. The number of hydrogen-bond donors (Lipinski definition) is 2. The minimum atomic E-state index is -4.24. The number of ether oxygens (including phenoxy) is 2. The van der Waals surface area contributed by atoms with Crippen molar-refractivity contribution in [1.82, 2.24) is 15.0 Å². The molecule has 12 heteroatoms. The fraction of sp³-hybridized carbons (Fsp3) is 0.167. The molecule has 0 aliphatic rings. The van der Waals surface area contributed by atoms with Gasteiger partial charge in [0.1, 0.15) is 5.82 Å². The molecule has 0 saturated heterocycles. The second-order valence-corrected chi connectivity index (χ2v) is 8.94. The van der Waals surface area contributed by atoms with E-state index in [9.17, 15) is 27.2 Å². The Morgan fingerprint density at radius 1 is 0.917 bits per heavy atom. The highest BCUT2D eigenvalue weighted by atomic mass is 32.2. The topological polar surface area (TPSA) is 141 Å². The Kier molecular flexibility index (Phi) is 8.68. The van der Waals surface area contributed by atoms with Gasteiger partial charge in [0.2, 0.25) is 5.88 Å². The molecule has 2 amide bonds. The molecular formula is C24H22FN3O7S. The van der Waals surface area contributed by atoms with Crippen molar-refractivity contribution in [3.05, 3.63) is 89.4 Å². The quantitative estimate of drug-likeness (QED) is 0.415. The summed E-state index contributed by atoms with van der Waals surface area (Å²) in [6.07, 6.45) is 0.573. The molecule has 0 saturated carbocycles. The molecule has 36 heavy (non-hydrogen) atoms. The van der Waals surface area contributed by atoms with E-state index in [1.807, 2.05) is 4.72 Å². The number of halogens is 1. The Morgan fingerprint density at radius 2 is 1.58 bits per heavy atom. The molecule has 1 heterocycles. The molecule has 0 atom stereocenters. The molecule has 0 radical (unpaired) electrons. The largest absolute Gasteiger partial charge is 0.515 e. The maximum absolute atomic E-state index is 12.9. The van der Waals surface area contributed by atoms with E-state index in [2.05, 4.69) is 15.0 Å². The molecule has 0 spiro atoms. The highest BCUT2D eigenvalue weighted by Crippen LogP contribution is 2.13. The first-order valence-electron chi connectivity index (χ1n) is 10.7. The third-order valence-electron chi connectivity index (χ3n) is 4.71. The minimum absolute atomic E-state index is 0.0908. The fourth-order valence-electron chi connectivity index (χ4n) is 2.91. The van der Waals surface area contributed by atoms with E-state index in [1.165, 1.54) is 48.5 Å². The van der Waals surface area contributed by atoms with E-state index in [0.717, 1.165) is 11.8 Å². The van der Waals surface area contributed by atoms with Crippen LogP contribution >= 0.6 is 0 Å². The Labute approximate surface area is 206 Å². The lowest BCUT2D eigenvalue weighted by Gasteiger charge is -2.09. The number of nitrogens with zero attached hydrogens (tertiary/aromatic N) is 1. The van der Waals surface area contributed by atoms with Gasteiger partial charge in [-0.05, 0) is 61.4 Å². The van der Waals surface area contributed by atoms with Crippen LogP contribution in [0.25, 0.3) is 0 Å². The van der Waals surface area contributed by atoms with Gasteiger partial charge in [-0.1, -0.05) is 12.1 Å². The van der Waals surface area contributed by atoms with Gasteiger partial charge >= 0.3 is 6.16 Å².